The summed E-state index contributed by atoms with van der Waals surface area (Å²) in [6.07, 6.45) is 1.81. The second kappa shape index (κ2) is 9.86. The summed E-state index contributed by atoms with van der Waals surface area (Å²) >= 11 is 1.17. The molecule has 10 heteroatoms. The highest BCUT2D eigenvalue weighted by Crippen LogP contribution is 2.39. The van der Waals surface area contributed by atoms with Crippen LogP contribution in [-0.2, 0) is 23.0 Å². The fourth-order valence-corrected chi connectivity index (χ4v) is 6.18. The minimum Gasteiger partial charge on any atom is -0.493 e. The molecular weight excluding hydrogens is 479 g/mol. The number of rotatable bonds is 8. The van der Waals surface area contributed by atoms with Gasteiger partial charge in [0, 0.05) is 12.7 Å². The van der Waals surface area contributed by atoms with Crippen LogP contribution in [0.1, 0.15) is 20.8 Å². The number of nitrogens with zero attached hydrogens (tertiary/aromatic N) is 1. The number of fused-ring (bicyclic) bond motifs is 1. The molecule has 0 spiro atoms. The first-order valence-corrected chi connectivity index (χ1v) is 12.7. The zero-order valence-electron chi connectivity index (χ0n) is 18.6. The number of carbonyl (C=O) groups excluding carboxylic acids is 1. The first-order valence-electron chi connectivity index (χ1n) is 10.4. The molecule has 0 saturated carbocycles. The first kappa shape index (κ1) is 23.8. The normalized spacial score (nSPS) is 15.8. The number of benzene rings is 2. The van der Waals surface area contributed by atoms with E-state index in [-0.39, 0.29) is 11.4 Å². The maximum Gasteiger partial charge on any atom is 0.270 e. The van der Waals surface area contributed by atoms with Gasteiger partial charge in [0.2, 0.25) is 5.78 Å². The number of hydrogen-bond donors (Lipinski definition) is 1. The number of ketones is 1. The number of hydrogen-bond acceptors (Lipinski definition) is 7. The lowest BCUT2D eigenvalue weighted by Crippen LogP contribution is -2.38. The maximum absolute atomic E-state index is 13.7. The predicted octanol–water partition coefficient (Wildman–Crippen LogP) is 4.11. The highest BCUT2D eigenvalue weighted by atomic mass is 32.2. The Balaban J connectivity index is 1.55. The lowest BCUT2D eigenvalue weighted by Gasteiger charge is -2.29. The monoisotopic (exact) mass is 502 g/mol. The molecule has 3 aromatic rings. The van der Waals surface area contributed by atoms with Gasteiger partial charge in [-0.2, -0.15) is 0 Å². The van der Waals surface area contributed by atoms with Crippen LogP contribution in [0.25, 0.3) is 0 Å². The van der Waals surface area contributed by atoms with E-state index in [4.69, 9.17) is 9.47 Å². The van der Waals surface area contributed by atoms with E-state index in [0.717, 1.165) is 9.87 Å². The smallest absolute Gasteiger partial charge is 0.270 e. The van der Waals surface area contributed by atoms with E-state index in [9.17, 15) is 17.6 Å². The third-order valence-electron chi connectivity index (χ3n) is 5.37. The lowest BCUT2D eigenvalue weighted by molar-refractivity contribution is 0.104. The molecule has 4 rings (SSSR count). The van der Waals surface area contributed by atoms with Crippen LogP contribution in [0.3, 0.4) is 0 Å². The van der Waals surface area contributed by atoms with Gasteiger partial charge >= 0.3 is 0 Å². The number of anilines is 1. The fraction of sp³-hybridized carbons (Fsp3) is 0.208. The van der Waals surface area contributed by atoms with E-state index in [1.165, 1.54) is 35.7 Å². The maximum atomic E-state index is 13.7. The molecule has 0 atom stereocenters. The number of ether oxygens (including phenoxy) is 2. The Morgan fingerprint density at radius 2 is 1.85 bits per heavy atom. The van der Waals surface area contributed by atoms with E-state index in [2.05, 4.69) is 5.32 Å². The Morgan fingerprint density at radius 3 is 2.59 bits per heavy atom. The molecule has 0 bridgehead atoms. The standard InChI is InChI=1S/C24H23FN2O5S2/c1-31-20-7-6-16(13-21(20)32-2)8-10-26-14-22-23(28)24-19(9-11-33-24)27(34(22,29)30)15-17-4-3-5-18(25)12-17/h3-7,9,11-14,26H,8,10,15H2,1-2H3. The van der Waals surface area contributed by atoms with Crippen LogP contribution in [0.5, 0.6) is 11.5 Å². The van der Waals surface area contributed by atoms with E-state index in [1.54, 1.807) is 37.8 Å². The van der Waals surface area contributed by atoms with Crippen LogP contribution >= 0.6 is 11.3 Å². The molecule has 1 aromatic heterocycles. The highest BCUT2D eigenvalue weighted by Gasteiger charge is 2.41. The molecule has 0 saturated heterocycles. The molecule has 34 heavy (non-hydrogen) atoms. The summed E-state index contributed by atoms with van der Waals surface area (Å²) in [6, 6.07) is 12.9. The second-order valence-electron chi connectivity index (χ2n) is 7.51. The Labute approximate surface area is 201 Å². The van der Waals surface area contributed by atoms with Gasteiger partial charge in [-0.05, 0) is 53.3 Å². The Hall–Kier alpha value is -3.37. The van der Waals surface area contributed by atoms with Crippen molar-refractivity contribution in [1.29, 1.82) is 0 Å². The zero-order chi connectivity index (χ0) is 24.3. The number of nitrogens with one attached hydrogen (secondary N) is 1. The SMILES string of the molecule is COc1ccc(CCNC=C2C(=O)c3sccc3N(Cc3cccc(F)c3)S2(=O)=O)cc1OC. The number of sulfonamides is 1. The molecule has 1 aliphatic rings. The molecule has 2 aromatic carbocycles. The molecule has 0 radical (unpaired) electrons. The molecule has 1 N–H and O–H groups in total. The van der Waals surface area contributed by atoms with Crippen molar-refractivity contribution in [2.45, 2.75) is 13.0 Å². The number of Topliss-reactive ketones (excluding diaryl/α,β-unsaturated/α-hetero) is 1. The molecule has 1 aliphatic heterocycles. The second-order valence-corrected chi connectivity index (χ2v) is 10.3. The quantitative estimate of drug-likeness (QED) is 0.369. The Bertz CT molecular complexity index is 1350. The minimum atomic E-state index is -4.14. The van der Waals surface area contributed by atoms with Crippen LogP contribution in [0.2, 0.25) is 0 Å². The van der Waals surface area contributed by atoms with Crippen LogP contribution in [-0.4, -0.2) is 35.0 Å². The Morgan fingerprint density at radius 1 is 1.06 bits per heavy atom. The predicted molar refractivity (Wildman–Crippen MR) is 129 cm³/mol. The largest absolute Gasteiger partial charge is 0.493 e. The fourth-order valence-electron chi connectivity index (χ4n) is 3.67. The lowest BCUT2D eigenvalue weighted by atomic mass is 10.1. The average Bonchev–Trinajstić information content (AvgIpc) is 3.31. The van der Waals surface area contributed by atoms with Gasteiger partial charge in [0.25, 0.3) is 10.0 Å². The molecule has 2 heterocycles. The molecule has 0 aliphatic carbocycles. The topological polar surface area (TPSA) is 84.9 Å². The van der Waals surface area contributed by atoms with E-state index in [0.29, 0.717) is 40.6 Å². The summed E-state index contributed by atoms with van der Waals surface area (Å²) in [6.45, 7) is 0.309. The molecular formula is C24H23FN2O5S2. The van der Waals surface area contributed by atoms with Gasteiger partial charge in [-0.3, -0.25) is 9.10 Å². The summed E-state index contributed by atoms with van der Waals surface area (Å²) in [5, 5.41) is 4.63. The molecule has 0 unspecified atom stereocenters. The number of halogens is 1. The van der Waals surface area contributed by atoms with Gasteiger partial charge in [0.05, 0.1) is 26.5 Å². The van der Waals surface area contributed by atoms with Crippen molar-refractivity contribution >= 4 is 32.8 Å². The van der Waals surface area contributed by atoms with Gasteiger partial charge in [0.1, 0.15) is 10.7 Å². The average molecular weight is 503 g/mol. The van der Waals surface area contributed by atoms with Crippen molar-refractivity contribution in [3.63, 3.8) is 0 Å². The number of methoxy groups -OCH3 is 2. The van der Waals surface area contributed by atoms with Crippen LogP contribution in [0.15, 0.2) is 65.0 Å². The van der Waals surface area contributed by atoms with Crippen molar-refractivity contribution < 1.29 is 27.1 Å². The third kappa shape index (κ3) is 4.64. The van der Waals surface area contributed by atoms with Crippen molar-refractivity contribution in [3.8, 4) is 11.5 Å². The van der Waals surface area contributed by atoms with E-state index in [1.807, 2.05) is 12.1 Å². The minimum absolute atomic E-state index is 0.0832. The summed E-state index contributed by atoms with van der Waals surface area (Å²) in [4.78, 5) is 13.0. The summed E-state index contributed by atoms with van der Waals surface area (Å²) in [5.41, 5.74) is 1.74. The van der Waals surface area contributed by atoms with E-state index >= 15 is 0 Å². The van der Waals surface area contributed by atoms with Crippen LogP contribution < -0.4 is 19.1 Å². The zero-order valence-corrected chi connectivity index (χ0v) is 20.2. The number of allylic oxidation sites excluding steroid dienone is 1. The Kier molecular flexibility index (Phi) is 6.90. The third-order valence-corrected chi connectivity index (χ3v) is 8.03. The van der Waals surface area contributed by atoms with Crippen LogP contribution in [0.4, 0.5) is 10.1 Å². The van der Waals surface area contributed by atoms with Gasteiger partial charge in [-0.1, -0.05) is 18.2 Å². The molecule has 0 amide bonds. The van der Waals surface area contributed by atoms with E-state index < -0.39 is 21.6 Å². The summed E-state index contributed by atoms with van der Waals surface area (Å²) in [7, 11) is -1.03. The molecule has 178 valence electrons. The number of carbonyl (C=O) groups is 1. The highest BCUT2D eigenvalue weighted by molar-refractivity contribution is 7.97. The van der Waals surface area contributed by atoms with Crippen molar-refractivity contribution in [3.05, 3.63) is 86.8 Å². The summed E-state index contributed by atoms with van der Waals surface area (Å²) < 4.78 is 52.1. The van der Waals surface area contributed by atoms with Crippen LogP contribution in [0, 0.1) is 5.82 Å². The molecule has 7 nitrogen and oxygen atoms in total. The van der Waals surface area contributed by atoms with Crippen molar-refractivity contribution in [2.24, 2.45) is 0 Å². The molecule has 0 fully saturated rings. The van der Waals surface area contributed by atoms with Gasteiger partial charge in [-0.15, -0.1) is 11.3 Å². The van der Waals surface area contributed by atoms with Crippen molar-refractivity contribution in [2.75, 3.05) is 25.1 Å². The van der Waals surface area contributed by atoms with Gasteiger partial charge in [-0.25, -0.2) is 12.8 Å². The first-order chi connectivity index (χ1) is 16.3. The van der Waals surface area contributed by atoms with Gasteiger partial charge < -0.3 is 14.8 Å². The van der Waals surface area contributed by atoms with Crippen molar-refractivity contribution in [1.82, 2.24) is 5.32 Å². The number of thiophene rings is 1. The summed E-state index contributed by atoms with van der Waals surface area (Å²) in [5.74, 6) is 0.201. The van der Waals surface area contributed by atoms with Gasteiger partial charge in [0.15, 0.2) is 16.4 Å².